The number of nitrogen functional groups attached to an aromatic ring is 1. The monoisotopic (exact) mass is 239 g/mol. The van der Waals surface area contributed by atoms with Crippen LogP contribution in [0.3, 0.4) is 0 Å². The van der Waals surface area contributed by atoms with Crippen LogP contribution in [0.5, 0.6) is 0 Å². The van der Waals surface area contributed by atoms with Gasteiger partial charge in [0, 0.05) is 18.0 Å². The van der Waals surface area contributed by atoms with Gasteiger partial charge in [-0.05, 0) is 36.5 Å². The quantitative estimate of drug-likeness (QED) is 0.846. The van der Waals surface area contributed by atoms with Crippen LogP contribution in [0, 0.1) is 0 Å². The second-order valence-corrected chi connectivity index (χ2v) is 4.76. The summed E-state index contributed by atoms with van der Waals surface area (Å²) in [7, 11) is 0. The number of benzene rings is 1. The molecule has 0 saturated carbocycles. The van der Waals surface area contributed by atoms with Crippen LogP contribution in [0.1, 0.15) is 30.0 Å². The first-order chi connectivity index (χ1) is 8.83. The summed E-state index contributed by atoms with van der Waals surface area (Å²) in [6.45, 7) is 0. The molecule has 1 atom stereocenters. The van der Waals surface area contributed by atoms with E-state index in [4.69, 9.17) is 5.73 Å². The van der Waals surface area contributed by atoms with Gasteiger partial charge >= 0.3 is 0 Å². The first-order valence-electron chi connectivity index (χ1n) is 6.39. The molecule has 1 aliphatic rings. The maximum atomic E-state index is 5.71. The normalized spacial score (nSPS) is 18.1. The lowest BCUT2D eigenvalue weighted by atomic mass is 9.87. The lowest BCUT2D eigenvalue weighted by molar-refractivity contribution is 0.600. The third-order valence-corrected chi connectivity index (χ3v) is 3.49. The molecule has 0 aliphatic heterocycles. The SMILES string of the molecule is Nc1cc(NC2CCCc3ccccc32)ccn1. The largest absolute Gasteiger partial charge is 0.384 e. The molecule has 1 aromatic carbocycles. The Labute approximate surface area is 107 Å². The van der Waals surface area contributed by atoms with E-state index in [1.807, 2.05) is 12.1 Å². The van der Waals surface area contributed by atoms with Gasteiger partial charge in [0.15, 0.2) is 0 Å². The Balaban J connectivity index is 1.86. The average Bonchev–Trinajstić information content (AvgIpc) is 2.39. The number of aryl methyl sites for hydroxylation is 1. The van der Waals surface area contributed by atoms with Gasteiger partial charge < -0.3 is 11.1 Å². The van der Waals surface area contributed by atoms with E-state index in [0.29, 0.717) is 11.9 Å². The molecular weight excluding hydrogens is 222 g/mol. The molecular formula is C15H17N3. The Morgan fingerprint density at radius 2 is 2.11 bits per heavy atom. The summed E-state index contributed by atoms with van der Waals surface area (Å²) < 4.78 is 0. The number of nitrogens with two attached hydrogens (primary N) is 1. The standard InChI is InChI=1S/C15H17N3/c16-15-10-12(8-9-17-15)18-14-7-3-5-11-4-1-2-6-13(11)14/h1-2,4,6,8-10,14H,3,5,7H2,(H3,16,17,18). The fraction of sp³-hybridized carbons (Fsp3) is 0.267. The zero-order valence-corrected chi connectivity index (χ0v) is 10.3. The molecule has 1 unspecified atom stereocenters. The minimum Gasteiger partial charge on any atom is -0.384 e. The van der Waals surface area contributed by atoms with Gasteiger partial charge in [0.1, 0.15) is 5.82 Å². The molecule has 2 aromatic rings. The molecule has 1 aliphatic carbocycles. The molecule has 3 rings (SSSR count). The Hall–Kier alpha value is -2.03. The van der Waals surface area contributed by atoms with Crippen molar-refractivity contribution in [3.8, 4) is 0 Å². The molecule has 0 bridgehead atoms. The van der Waals surface area contributed by atoms with E-state index in [9.17, 15) is 0 Å². The smallest absolute Gasteiger partial charge is 0.125 e. The summed E-state index contributed by atoms with van der Waals surface area (Å²) in [6.07, 6.45) is 5.33. The highest BCUT2D eigenvalue weighted by Gasteiger charge is 2.19. The summed E-state index contributed by atoms with van der Waals surface area (Å²) in [5.74, 6) is 0.559. The van der Waals surface area contributed by atoms with Gasteiger partial charge in [-0.2, -0.15) is 0 Å². The number of hydrogen-bond donors (Lipinski definition) is 2. The maximum absolute atomic E-state index is 5.71. The van der Waals surface area contributed by atoms with Gasteiger partial charge in [0.25, 0.3) is 0 Å². The molecule has 3 N–H and O–H groups in total. The maximum Gasteiger partial charge on any atom is 0.125 e. The molecule has 0 amide bonds. The van der Waals surface area contributed by atoms with E-state index in [2.05, 4.69) is 34.6 Å². The Morgan fingerprint density at radius 3 is 3.00 bits per heavy atom. The molecule has 0 spiro atoms. The molecule has 1 heterocycles. The Bertz CT molecular complexity index is 551. The first kappa shape index (κ1) is 11.1. The van der Waals surface area contributed by atoms with Gasteiger partial charge in [-0.1, -0.05) is 24.3 Å². The van der Waals surface area contributed by atoms with Crippen molar-refractivity contribution in [3.63, 3.8) is 0 Å². The van der Waals surface area contributed by atoms with Gasteiger partial charge in [-0.3, -0.25) is 0 Å². The molecule has 0 saturated heterocycles. The van der Waals surface area contributed by atoms with Crippen molar-refractivity contribution in [2.45, 2.75) is 25.3 Å². The number of rotatable bonds is 2. The van der Waals surface area contributed by atoms with E-state index in [1.165, 1.54) is 30.4 Å². The average molecular weight is 239 g/mol. The van der Waals surface area contributed by atoms with Crippen molar-refractivity contribution in [2.75, 3.05) is 11.1 Å². The van der Waals surface area contributed by atoms with E-state index in [1.54, 1.807) is 6.20 Å². The lowest BCUT2D eigenvalue weighted by Crippen LogP contribution is -2.17. The number of nitrogens with one attached hydrogen (secondary N) is 1. The van der Waals surface area contributed by atoms with Crippen LogP contribution in [-0.2, 0) is 6.42 Å². The Kier molecular flexibility index (Phi) is 2.89. The third kappa shape index (κ3) is 2.16. The number of pyridine rings is 1. The van der Waals surface area contributed by atoms with Crippen molar-refractivity contribution >= 4 is 11.5 Å². The van der Waals surface area contributed by atoms with E-state index >= 15 is 0 Å². The zero-order chi connectivity index (χ0) is 12.4. The summed E-state index contributed by atoms with van der Waals surface area (Å²) in [6, 6.07) is 12.9. The number of fused-ring (bicyclic) bond motifs is 1. The number of nitrogens with zero attached hydrogens (tertiary/aromatic N) is 1. The molecule has 0 fully saturated rings. The molecule has 0 radical (unpaired) electrons. The van der Waals surface area contributed by atoms with Crippen LogP contribution in [0.25, 0.3) is 0 Å². The number of hydrogen-bond acceptors (Lipinski definition) is 3. The predicted octanol–water partition coefficient (Wildman–Crippen LogP) is 3.15. The van der Waals surface area contributed by atoms with Gasteiger partial charge in [0.2, 0.25) is 0 Å². The molecule has 18 heavy (non-hydrogen) atoms. The van der Waals surface area contributed by atoms with Crippen LogP contribution in [0.15, 0.2) is 42.6 Å². The van der Waals surface area contributed by atoms with Crippen LogP contribution in [0.4, 0.5) is 11.5 Å². The summed E-state index contributed by atoms with van der Waals surface area (Å²) >= 11 is 0. The fourth-order valence-electron chi connectivity index (χ4n) is 2.64. The minimum absolute atomic E-state index is 0.386. The highest BCUT2D eigenvalue weighted by atomic mass is 14.9. The van der Waals surface area contributed by atoms with Crippen LogP contribution in [0.2, 0.25) is 0 Å². The zero-order valence-electron chi connectivity index (χ0n) is 10.3. The van der Waals surface area contributed by atoms with E-state index in [0.717, 1.165) is 5.69 Å². The topological polar surface area (TPSA) is 50.9 Å². The second kappa shape index (κ2) is 4.69. The summed E-state index contributed by atoms with van der Waals surface area (Å²) in [4.78, 5) is 4.02. The minimum atomic E-state index is 0.386. The molecule has 92 valence electrons. The summed E-state index contributed by atoms with van der Waals surface area (Å²) in [5.41, 5.74) is 9.63. The van der Waals surface area contributed by atoms with Crippen molar-refractivity contribution in [2.24, 2.45) is 0 Å². The van der Waals surface area contributed by atoms with Crippen LogP contribution >= 0.6 is 0 Å². The molecule has 3 heteroatoms. The van der Waals surface area contributed by atoms with Gasteiger partial charge in [-0.25, -0.2) is 4.98 Å². The highest BCUT2D eigenvalue weighted by Crippen LogP contribution is 2.32. The molecule has 3 nitrogen and oxygen atoms in total. The number of anilines is 2. The van der Waals surface area contributed by atoms with Crippen molar-refractivity contribution < 1.29 is 0 Å². The lowest BCUT2D eigenvalue weighted by Gasteiger charge is -2.27. The fourth-order valence-corrected chi connectivity index (χ4v) is 2.64. The van der Waals surface area contributed by atoms with E-state index < -0.39 is 0 Å². The number of aromatic nitrogens is 1. The van der Waals surface area contributed by atoms with Crippen LogP contribution < -0.4 is 11.1 Å². The highest BCUT2D eigenvalue weighted by molar-refractivity contribution is 5.52. The Morgan fingerprint density at radius 1 is 1.22 bits per heavy atom. The first-order valence-corrected chi connectivity index (χ1v) is 6.39. The second-order valence-electron chi connectivity index (χ2n) is 4.76. The summed E-state index contributed by atoms with van der Waals surface area (Å²) in [5, 5.41) is 3.56. The predicted molar refractivity (Wildman–Crippen MR) is 74.4 cm³/mol. The van der Waals surface area contributed by atoms with Crippen LogP contribution in [-0.4, -0.2) is 4.98 Å². The van der Waals surface area contributed by atoms with Crippen molar-refractivity contribution in [3.05, 3.63) is 53.7 Å². The van der Waals surface area contributed by atoms with Crippen molar-refractivity contribution in [1.29, 1.82) is 0 Å². The molecule has 1 aromatic heterocycles. The van der Waals surface area contributed by atoms with E-state index in [-0.39, 0.29) is 0 Å². The third-order valence-electron chi connectivity index (χ3n) is 3.49. The van der Waals surface area contributed by atoms with Gasteiger partial charge in [-0.15, -0.1) is 0 Å². The van der Waals surface area contributed by atoms with Gasteiger partial charge in [0.05, 0.1) is 6.04 Å². The van der Waals surface area contributed by atoms with Crippen molar-refractivity contribution in [1.82, 2.24) is 4.98 Å².